The van der Waals surface area contributed by atoms with Gasteiger partial charge in [0.1, 0.15) is 12.2 Å². The fourth-order valence-electron chi connectivity index (χ4n) is 4.07. The third-order valence-electron chi connectivity index (χ3n) is 6.36. The molecule has 13 nitrogen and oxygen atoms in total. The summed E-state index contributed by atoms with van der Waals surface area (Å²) in [6, 6.07) is -0.0877. The molecule has 0 saturated carbocycles. The summed E-state index contributed by atoms with van der Waals surface area (Å²) in [7, 11) is 0. The highest BCUT2D eigenvalue weighted by Gasteiger charge is 2.47. The molecule has 192 valence electrons. The number of nitrogens with one attached hydrogen (secondary N) is 2. The smallest absolute Gasteiger partial charge is 0.258 e. The number of hydrogen-bond donors (Lipinski definition) is 5. The zero-order valence-corrected chi connectivity index (χ0v) is 20.6. The highest BCUT2D eigenvalue weighted by molar-refractivity contribution is 5.84. The summed E-state index contributed by atoms with van der Waals surface area (Å²) < 4.78 is 12.7. The Hall–Kier alpha value is -2.87. The van der Waals surface area contributed by atoms with Gasteiger partial charge >= 0.3 is 0 Å². The molecule has 0 radical (unpaired) electrons. The van der Waals surface area contributed by atoms with Gasteiger partial charge in [0.25, 0.3) is 5.89 Å². The molecule has 1 saturated heterocycles. The Morgan fingerprint density at radius 3 is 2.43 bits per heavy atom. The van der Waals surface area contributed by atoms with Gasteiger partial charge in [0.05, 0.1) is 19.0 Å². The topological polar surface area (TPSA) is 176 Å². The van der Waals surface area contributed by atoms with Crippen molar-refractivity contribution in [2.24, 2.45) is 5.92 Å². The first-order valence-electron chi connectivity index (χ1n) is 12.0. The van der Waals surface area contributed by atoms with Crippen molar-refractivity contribution >= 4 is 22.9 Å². The fraction of sp³-hybridized carbons (Fsp3) is 0.682. The second-order valence-electron chi connectivity index (χ2n) is 9.16. The van der Waals surface area contributed by atoms with Crippen molar-refractivity contribution in [2.75, 3.05) is 17.2 Å². The lowest BCUT2D eigenvalue weighted by molar-refractivity contribution is -0.0451. The van der Waals surface area contributed by atoms with Gasteiger partial charge in [-0.05, 0) is 25.7 Å². The van der Waals surface area contributed by atoms with Crippen LogP contribution in [0.15, 0.2) is 10.9 Å². The highest BCUT2D eigenvalue weighted by Crippen LogP contribution is 2.39. The number of rotatable bonds is 10. The van der Waals surface area contributed by atoms with E-state index in [0.29, 0.717) is 28.8 Å². The molecule has 0 aliphatic carbocycles. The number of aryl methyl sites for hydroxylation is 1. The minimum Gasteiger partial charge on any atom is -0.394 e. The lowest BCUT2D eigenvalue weighted by Crippen LogP contribution is -2.31. The number of nitrogens with zero attached hydrogens (tertiary/aromatic N) is 6. The summed E-state index contributed by atoms with van der Waals surface area (Å²) in [4.78, 5) is 17.9. The van der Waals surface area contributed by atoms with Crippen LogP contribution in [0, 0.1) is 12.8 Å². The average Bonchev–Trinajstić information content (AvgIpc) is 3.53. The van der Waals surface area contributed by atoms with Gasteiger partial charge in [-0.2, -0.15) is 15.0 Å². The van der Waals surface area contributed by atoms with Crippen LogP contribution in [0.2, 0.25) is 0 Å². The average molecular weight is 491 g/mol. The molecule has 1 aliphatic rings. The number of aliphatic hydroxyl groups is 3. The Morgan fingerprint density at radius 2 is 1.83 bits per heavy atom. The van der Waals surface area contributed by atoms with E-state index in [1.54, 1.807) is 11.5 Å². The van der Waals surface area contributed by atoms with Crippen LogP contribution in [0.4, 0.5) is 11.8 Å². The number of aromatic nitrogens is 6. The molecular weight excluding hydrogens is 456 g/mol. The Bertz CT molecular complexity index is 1130. The van der Waals surface area contributed by atoms with Crippen molar-refractivity contribution in [3.05, 3.63) is 18.0 Å². The number of aliphatic hydroxyl groups excluding tert-OH is 3. The van der Waals surface area contributed by atoms with E-state index in [4.69, 9.17) is 9.26 Å². The van der Waals surface area contributed by atoms with Crippen LogP contribution in [0.25, 0.3) is 11.2 Å². The Morgan fingerprint density at radius 1 is 1.09 bits per heavy atom. The molecule has 0 bridgehead atoms. The first kappa shape index (κ1) is 25.2. The first-order chi connectivity index (χ1) is 16.8. The number of fused-ring (bicyclic) bond motifs is 1. The predicted molar refractivity (Wildman–Crippen MR) is 127 cm³/mol. The Balaban J connectivity index is 1.74. The second-order valence-corrected chi connectivity index (χ2v) is 9.16. The number of hydrogen-bond acceptors (Lipinski definition) is 12. The van der Waals surface area contributed by atoms with Gasteiger partial charge in [0.15, 0.2) is 35.1 Å². The maximum Gasteiger partial charge on any atom is 0.258 e. The molecule has 3 aromatic rings. The molecule has 5 N–H and O–H groups in total. The van der Waals surface area contributed by atoms with Gasteiger partial charge in [-0.25, -0.2) is 4.98 Å². The van der Waals surface area contributed by atoms with Crippen molar-refractivity contribution in [2.45, 2.75) is 84.1 Å². The molecule has 4 heterocycles. The van der Waals surface area contributed by atoms with Crippen LogP contribution in [0.1, 0.15) is 64.6 Å². The summed E-state index contributed by atoms with van der Waals surface area (Å²) in [5, 5.41) is 41.6. The van der Waals surface area contributed by atoms with Crippen molar-refractivity contribution in [1.29, 1.82) is 0 Å². The van der Waals surface area contributed by atoms with E-state index < -0.39 is 24.5 Å². The zero-order valence-electron chi connectivity index (χ0n) is 20.6. The van der Waals surface area contributed by atoms with Crippen molar-refractivity contribution in [1.82, 2.24) is 29.7 Å². The molecule has 1 fully saturated rings. The largest absolute Gasteiger partial charge is 0.394 e. The normalized spacial score (nSPS) is 23.5. The van der Waals surface area contributed by atoms with Crippen molar-refractivity contribution < 1.29 is 24.6 Å². The molecule has 35 heavy (non-hydrogen) atoms. The highest BCUT2D eigenvalue weighted by atomic mass is 16.6. The van der Waals surface area contributed by atoms with Gasteiger partial charge in [0.2, 0.25) is 5.95 Å². The molecule has 13 heteroatoms. The third-order valence-corrected chi connectivity index (χ3v) is 6.36. The summed E-state index contributed by atoms with van der Waals surface area (Å²) in [5.74, 6) is 1.44. The van der Waals surface area contributed by atoms with Crippen LogP contribution in [0.5, 0.6) is 0 Å². The Labute approximate surface area is 202 Å². The van der Waals surface area contributed by atoms with Crippen molar-refractivity contribution in [3.8, 4) is 0 Å². The second kappa shape index (κ2) is 10.4. The Kier molecular flexibility index (Phi) is 7.50. The standard InChI is InChI=1S/C22H34N8O5/c1-6-12(7-2)25-18-14-19(28-22(27-18)26-13(8-31)10(3)4)30(9-23-14)21-16(33)15(32)17(34-21)20-24-11(5)29-35-20/h9-10,12-13,15-17,21,31-33H,6-8H2,1-5H3,(H2,25,26,27,28)/t13?,15-,16+,17-,21+/m0/s1. The van der Waals surface area contributed by atoms with Crippen LogP contribution >= 0.6 is 0 Å². The summed E-state index contributed by atoms with van der Waals surface area (Å²) in [6.45, 7) is 9.72. The lowest BCUT2D eigenvalue weighted by atomic mass is 10.1. The molecule has 0 aromatic carbocycles. The quantitative estimate of drug-likeness (QED) is 0.277. The van der Waals surface area contributed by atoms with Crippen LogP contribution < -0.4 is 10.6 Å². The number of anilines is 2. The fourth-order valence-corrected chi connectivity index (χ4v) is 4.07. The first-order valence-corrected chi connectivity index (χ1v) is 12.0. The van der Waals surface area contributed by atoms with Crippen LogP contribution in [-0.2, 0) is 4.74 Å². The van der Waals surface area contributed by atoms with Crippen LogP contribution in [0.3, 0.4) is 0 Å². The van der Waals surface area contributed by atoms with Gasteiger partial charge in [0, 0.05) is 6.04 Å². The SMILES string of the molecule is CCC(CC)Nc1nc(NC(CO)C(C)C)nc2c1ncn2[C@@H]1O[C@H](c2nc(C)no2)[C@@H](O)[C@H]1O. The van der Waals surface area contributed by atoms with E-state index in [1.165, 1.54) is 6.33 Å². The van der Waals surface area contributed by atoms with E-state index in [2.05, 4.69) is 49.6 Å². The minimum absolute atomic E-state index is 0.0803. The van der Waals surface area contributed by atoms with E-state index in [1.807, 2.05) is 13.8 Å². The lowest BCUT2D eigenvalue weighted by Gasteiger charge is -2.22. The van der Waals surface area contributed by atoms with Crippen LogP contribution in [-0.4, -0.2) is 75.9 Å². The molecular formula is C22H34N8O5. The van der Waals surface area contributed by atoms with Gasteiger partial charge < -0.3 is 35.2 Å². The minimum atomic E-state index is -1.30. The summed E-state index contributed by atoms with van der Waals surface area (Å²) >= 11 is 0. The van der Waals surface area contributed by atoms with Gasteiger partial charge in [-0.15, -0.1) is 0 Å². The maximum absolute atomic E-state index is 10.8. The van der Waals surface area contributed by atoms with E-state index in [-0.39, 0.29) is 30.5 Å². The van der Waals surface area contributed by atoms with E-state index in [9.17, 15) is 15.3 Å². The summed E-state index contributed by atoms with van der Waals surface area (Å²) in [5.41, 5.74) is 0.893. The van der Waals surface area contributed by atoms with Crippen molar-refractivity contribution in [3.63, 3.8) is 0 Å². The van der Waals surface area contributed by atoms with Gasteiger partial charge in [-0.3, -0.25) is 4.57 Å². The summed E-state index contributed by atoms with van der Waals surface area (Å²) in [6.07, 6.45) is -1.33. The molecule has 0 spiro atoms. The zero-order chi connectivity index (χ0) is 25.3. The third kappa shape index (κ3) is 4.94. The number of imidazole rings is 1. The maximum atomic E-state index is 10.8. The molecule has 3 aromatic heterocycles. The number of ether oxygens (including phenoxy) is 1. The molecule has 1 unspecified atom stereocenters. The molecule has 1 aliphatic heterocycles. The monoisotopic (exact) mass is 490 g/mol. The van der Waals surface area contributed by atoms with E-state index >= 15 is 0 Å². The molecule has 5 atom stereocenters. The van der Waals surface area contributed by atoms with Gasteiger partial charge in [-0.1, -0.05) is 32.9 Å². The molecule has 4 rings (SSSR count). The van der Waals surface area contributed by atoms with E-state index in [0.717, 1.165) is 12.8 Å². The molecule has 0 amide bonds. The predicted octanol–water partition coefficient (Wildman–Crippen LogP) is 1.54.